The number of carbonyl (C=O) groups is 1. The minimum Gasteiger partial charge on any atom is -0.379 e. The van der Waals surface area contributed by atoms with Gasteiger partial charge >= 0.3 is 6.03 Å². The molecule has 0 aliphatic heterocycles. The first-order valence-corrected chi connectivity index (χ1v) is 6.61. The maximum absolute atomic E-state index is 10.7. The number of anilines is 2. The summed E-state index contributed by atoms with van der Waals surface area (Å²) in [5.41, 5.74) is 7.85. The minimum atomic E-state index is -0.565. The molecular weight excluding hydrogens is 274 g/mol. The van der Waals surface area contributed by atoms with E-state index in [0.717, 1.165) is 11.3 Å². The van der Waals surface area contributed by atoms with Crippen molar-refractivity contribution in [2.45, 2.75) is 13.0 Å². The largest absolute Gasteiger partial charge is 0.379 e. The van der Waals surface area contributed by atoms with E-state index in [0.29, 0.717) is 10.7 Å². The number of primary amides is 1. The Hall–Kier alpha value is -2.20. The molecule has 0 spiro atoms. The molecule has 104 valence electrons. The van der Waals surface area contributed by atoms with Gasteiger partial charge in [-0.2, -0.15) is 0 Å². The van der Waals surface area contributed by atoms with Gasteiger partial charge in [0.25, 0.3) is 0 Å². The van der Waals surface area contributed by atoms with Gasteiger partial charge in [-0.1, -0.05) is 23.7 Å². The van der Waals surface area contributed by atoms with Crippen LogP contribution in [0.3, 0.4) is 0 Å². The Balaban J connectivity index is 2.03. The molecule has 5 heteroatoms. The van der Waals surface area contributed by atoms with Gasteiger partial charge < -0.3 is 16.4 Å². The summed E-state index contributed by atoms with van der Waals surface area (Å²) in [4.78, 5) is 10.7. The Kier molecular flexibility index (Phi) is 4.48. The first kappa shape index (κ1) is 14.2. The van der Waals surface area contributed by atoms with E-state index >= 15 is 0 Å². The van der Waals surface area contributed by atoms with Gasteiger partial charge in [0, 0.05) is 22.4 Å². The van der Waals surface area contributed by atoms with Gasteiger partial charge in [-0.3, -0.25) is 0 Å². The van der Waals surface area contributed by atoms with Crippen LogP contribution in [-0.4, -0.2) is 6.03 Å². The number of carbonyl (C=O) groups excluding carboxylic acids is 1. The zero-order valence-corrected chi connectivity index (χ0v) is 11.8. The first-order chi connectivity index (χ1) is 9.54. The highest BCUT2D eigenvalue weighted by Crippen LogP contribution is 2.22. The molecule has 4 nitrogen and oxygen atoms in total. The van der Waals surface area contributed by atoms with Gasteiger partial charge in [0.15, 0.2) is 0 Å². The molecule has 0 heterocycles. The van der Waals surface area contributed by atoms with E-state index in [9.17, 15) is 4.79 Å². The molecule has 0 radical (unpaired) electrons. The van der Waals surface area contributed by atoms with E-state index in [4.69, 9.17) is 17.3 Å². The lowest BCUT2D eigenvalue weighted by Gasteiger charge is -2.16. The lowest BCUT2D eigenvalue weighted by Crippen LogP contribution is -2.19. The fraction of sp³-hybridized carbons (Fsp3) is 0.133. The summed E-state index contributed by atoms with van der Waals surface area (Å²) in [7, 11) is 0. The van der Waals surface area contributed by atoms with Crippen LogP contribution in [0.1, 0.15) is 18.5 Å². The number of hydrogen-bond donors (Lipinski definition) is 3. The highest BCUT2D eigenvalue weighted by Gasteiger charge is 2.05. The van der Waals surface area contributed by atoms with Crippen molar-refractivity contribution in [3.8, 4) is 0 Å². The Morgan fingerprint density at radius 2 is 1.60 bits per heavy atom. The Labute approximate surface area is 122 Å². The molecule has 0 aliphatic carbocycles. The minimum absolute atomic E-state index is 0.138. The third-order valence-electron chi connectivity index (χ3n) is 2.91. The molecule has 2 aromatic rings. The van der Waals surface area contributed by atoms with Crippen LogP contribution in [0.15, 0.2) is 48.5 Å². The van der Waals surface area contributed by atoms with Crippen molar-refractivity contribution in [2.24, 2.45) is 5.73 Å². The maximum Gasteiger partial charge on any atom is 0.316 e. The number of nitrogens with one attached hydrogen (secondary N) is 2. The van der Waals surface area contributed by atoms with Crippen molar-refractivity contribution in [2.75, 3.05) is 10.6 Å². The van der Waals surface area contributed by atoms with Gasteiger partial charge in [0.1, 0.15) is 0 Å². The summed E-state index contributed by atoms with van der Waals surface area (Å²) in [6, 6.07) is 14.7. The van der Waals surface area contributed by atoms with Crippen molar-refractivity contribution in [1.82, 2.24) is 0 Å². The topological polar surface area (TPSA) is 67.2 Å². The van der Waals surface area contributed by atoms with Crippen molar-refractivity contribution < 1.29 is 4.79 Å². The zero-order chi connectivity index (χ0) is 14.5. The highest BCUT2D eigenvalue weighted by molar-refractivity contribution is 6.30. The molecule has 20 heavy (non-hydrogen) atoms. The van der Waals surface area contributed by atoms with Gasteiger partial charge in [-0.15, -0.1) is 0 Å². The lowest BCUT2D eigenvalue weighted by molar-refractivity contribution is 0.259. The van der Waals surface area contributed by atoms with Crippen LogP contribution >= 0.6 is 11.6 Å². The summed E-state index contributed by atoms with van der Waals surface area (Å²) in [5, 5.41) is 6.62. The summed E-state index contributed by atoms with van der Waals surface area (Å²) < 4.78 is 0. The van der Waals surface area contributed by atoms with E-state index in [1.165, 1.54) is 0 Å². The van der Waals surface area contributed by atoms with Crippen LogP contribution in [0, 0.1) is 0 Å². The third kappa shape index (κ3) is 3.90. The molecule has 2 rings (SSSR count). The molecule has 4 N–H and O–H groups in total. The molecule has 0 aromatic heterocycles. The first-order valence-electron chi connectivity index (χ1n) is 6.23. The number of amides is 2. The second-order valence-corrected chi connectivity index (χ2v) is 4.92. The maximum atomic E-state index is 10.7. The van der Waals surface area contributed by atoms with Gasteiger partial charge in [-0.25, -0.2) is 4.79 Å². The molecule has 0 fully saturated rings. The smallest absolute Gasteiger partial charge is 0.316 e. The summed E-state index contributed by atoms with van der Waals surface area (Å²) in [5.74, 6) is 0. The van der Waals surface area contributed by atoms with Crippen molar-refractivity contribution in [1.29, 1.82) is 0 Å². The van der Waals surface area contributed by atoms with Gasteiger partial charge in [0.05, 0.1) is 0 Å². The molecule has 0 aliphatic rings. The monoisotopic (exact) mass is 289 g/mol. The molecule has 1 unspecified atom stereocenters. The SMILES string of the molecule is CC(Nc1ccc(Cl)cc1)c1ccc(NC(N)=O)cc1. The van der Waals surface area contributed by atoms with E-state index in [1.54, 1.807) is 0 Å². The number of nitrogens with two attached hydrogens (primary N) is 1. The summed E-state index contributed by atoms with van der Waals surface area (Å²) in [6.07, 6.45) is 0. The Morgan fingerprint density at radius 1 is 1.05 bits per heavy atom. The van der Waals surface area contributed by atoms with Crippen LogP contribution in [0.4, 0.5) is 16.2 Å². The van der Waals surface area contributed by atoms with Gasteiger partial charge in [0.2, 0.25) is 0 Å². The highest BCUT2D eigenvalue weighted by atomic mass is 35.5. The van der Waals surface area contributed by atoms with Crippen molar-refractivity contribution in [3.63, 3.8) is 0 Å². The molecule has 1 atom stereocenters. The number of urea groups is 1. The van der Waals surface area contributed by atoms with E-state index in [2.05, 4.69) is 17.6 Å². The van der Waals surface area contributed by atoms with Crippen molar-refractivity contribution >= 4 is 29.0 Å². The second kappa shape index (κ2) is 6.30. The van der Waals surface area contributed by atoms with E-state index in [-0.39, 0.29) is 6.04 Å². The molecule has 0 saturated carbocycles. The Bertz CT molecular complexity index is 581. The van der Waals surface area contributed by atoms with Crippen molar-refractivity contribution in [3.05, 3.63) is 59.1 Å². The Morgan fingerprint density at radius 3 is 2.15 bits per heavy atom. The number of benzene rings is 2. The normalized spacial score (nSPS) is 11.7. The molecular formula is C15H16ClN3O. The lowest BCUT2D eigenvalue weighted by atomic mass is 10.1. The van der Waals surface area contributed by atoms with Crippen LogP contribution < -0.4 is 16.4 Å². The predicted octanol–water partition coefficient (Wildman–Crippen LogP) is 4.00. The molecule has 2 aromatic carbocycles. The summed E-state index contributed by atoms with van der Waals surface area (Å²) in [6.45, 7) is 2.06. The average molecular weight is 290 g/mol. The van der Waals surface area contributed by atoms with Crippen LogP contribution in [0.5, 0.6) is 0 Å². The standard InChI is InChI=1S/C15H16ClN3O/c1-10(18-13-8-4-12(16)5-9-13)11-2-6-14(7-3-11)19-15(17)20/h2-10,18H,1H3,(H3,17,19,20). The van der Waals surface area contributed by atoms with Crippen LogP contribution in [0.25, 0.3) is 0 Å². The molecule has 0 bridgehead atoms. The number of hydrogen-bond acceptors (Lipinski definition) is 2. The predicted molar refractivity (Wildman–Crippen MR) is 83.1 cm³/mol. The van der Waals surface area contributed by atoms with Gasteiger partial charge in [-0.05, 0) is 48.9 Å². The third-order valence-corrected chi connectivity index (χ3v) is 3.16. The number of halogens is 1. The molecule has 0 saturated heterocycles. The molecule has 2 amide bonds. The van der Waals surface area contributed by atoms with E-state index in [1.807, 2.05) is 48.5 Å². The number of rotatable bonds is 4. The van der Waals surface area contributed by atoms with Crippen LogP contribution in [-0.2, 0) is 0 Å². The fourth-order valence-electron chi connectivity index (χ4n) is 1.88. The second-order valence-electron chi connectivity index (χ2n) is 4.48. The quantitative estimate of drug-likeness (QED) is 0.796. The van der Waals surface area contributed by atoms with Crippen LogP contribution in [0.2, 0.25) is 5.02 Å². The van der Waals surface area contributed by atoms with E-state index < -0.39 is 6.03 Å². The zero-order valence-electron chi connectivity index (χ0n) is 11.1. The fourth-order valence-corrected chi connectivity index (χ4v) is 2.00. The average Bonchev–Trinajstić information content (AvgIpc) is 2.41. The summed E-state index contributed by atoms with van der Waals surface area (Å²) >= 11 is 5.85.